The van der Waals surface area contributed by atoms with E-state index in [-0.39, 0.29) is 5.91 Å². The maximum atomic E-state index is 12.1. The summed E-state index contributed by atoms with van der Waals surface area (Å²) in [6, 6.07) is 7.83. The van der Waals surface area contributed by atoms with Crippen LogP contribution < -0.4 is 10.6 Å². The summed E-state index contributed by atoms with van der Waals surface area (Å²) >= 11 is 1.55. The van der Waals surface area contributed by atoms with Gasteiger partial charge < -0.3 is 10.6 Å². The molecule has 2 rings (SSSR count). The van der Waals surface area contributed by atoms with Gasteiger partial charge in [-0.15, -0.1) is 0 Å². The Hall–Kier alpha value is -1.65. The zero-order valence-electron chi connectivity index (χ0n) is 10.5. The Balaban J connectivity index is 2.19. The van der Waals surface area contributed by atoms with Crippen LogP contribution in [0.25, 0.3) is 0 Å². The van der Waals surface area contributed by atoms with E-state index in [9.17, 15) is 4.79 Å². The van der Waals surface area contributed by atoms with Gasteiger partial charge in [-0.3, -0.25) is 4.79 Å². The first kappa shape index (κ1) is 12.8. The fourth-order valence-electron chi connectivity index (χ4n) is 1.77. The van der Waals surface area contributed by atoms with E-state index >= 15 is 0 Å². The lowest BCUT2D eigenvalue weighted by Gasteiger charge is -2.10. The van der Waals surface area contributed by atoms with Crippen molar-refractivity contribution in [2.45, 2.75) is 13.5 Å². The number of para-hydroxylation sites is 1. The molecule has 1 aromatic heterocycles. The number of thiophene rings is 1. The highest BCUT2D eigenvalue weighted by Crippen LogP contribution is 2.19. The average molecular weight is 260 g/mol. The van der Waals surface area contributed by atoms with E-state index in [0.717, 1.165) is 28.9 Å². The summed E-state index contributed by atoms with van der Waals surface area (Å²) in [6.07, 6.45) is 0. The Morgan fingerprint density at radius 2 is 2.06 bits per heavy atom. The van der Waals surface area contributed by atoms with E-state index in [2.05, 4.69) is 10.6 Å². The number of hydrogen-bond acceptors (Lipinski definition) is 3. The smallest absolute Gasteiger partial charge is 0.256 e. The van der Waals surface area contributed by atoms with E-state index in [1.165, 1.54) is 0 Å². The van der Waals surface area contributed by atoms with Crippen molar-refractivity contribution < 1.29 is 4.79 Å². The van der Waals surface area contributed by atoms with Gasteiger partial charge in [0.25, 0.3) is 5.91 Å². The van der Waals surface area contributed by atoms with Gasteiger partial charge in [0.2, 0.25) is 0 Å². The van der Waals surface area contributed by atoms with Gasteiger partial charge in [0, 0.05) is 17.6 Å². The molecule has 4 heteroatoms. The molecule has 18 heavy (non-hydrogen) atoms. The molecule has 0 spiro atoms. The van der Waals surface area contributed by atoms with Crippen molar-refractivity contribution in [2.24, 2.45) is 0 Å². The molecule has 0 fully saturated rings. The van der Waals surface area contributed by atoms with Crippen molar-refractivity contribution in [3.63, 3.8) is 0 Å². The van der Waals surface area contributed by atoms with Gasteiger partial charge in [-0.1, -0.05) is 18.2 Å². The molecule has 0 aliphatic carbocycles. The second kappa shape index (κ2) is 5.80. The molecule has 0 unspecified atom stereocenters. The lowest BCUT2D eigenvalue weighted by atomic mass is 10.1. The molecule has 0 atom stereocenters. The van der Waals surface area contributed by atoms with Crippen molar-refractivity contribution >= 4 is 22.9 Å². The highest BCUT2D eigenvalue weighted by Gasteiger charge is 2.11. The van der Waals surface area contributed by atoms with Gasteiger partial charge in [-0.05, 0) is 36.5 Å². The molecule has 0 aliphatic heterocycles. The number of anilines is 1. The normalized spacial score (nSPS) is 10.3. The van der Waals surface area contributed by atoms with Gasteiger partial charge in [0.1, 0.15) is 0 Å². The van der Waals surface area contributed by atoms with Crippen LogP contribution >= 0.6 is 11.3 Å². The lowest BCUT2D eigenvalue weighted by molar-refractivity contribution is 0.102. The van der Waals surface area contributed by atoms with Crippen molar-refractivity contribution in [2.75, 3.05) is 12.4 Å². The van der Waals surface area contributed by atoms with Crippen LogP contribution in [0.15, 0.2) is 35.0 Å². The Bertz CT molecular complexity index is 548. The van der Waals surface area contributed by atoms with Gasteiger partial charge in [0.05, 0.1) is 5.56 Å². The number of hydrogen-bond donors (Lipinski definition) is 2. The van der Waals surface area contributed by atoms with Gasteiger partial charge in [-0.2, -0.15) is 11.3 Å². The van der Waals surface area contributed by atoms with Crippen molar-refractivity contribution in [3.05, 3.63) is 51.7 Å². The quantitative estimate of drug-likeness (QED) is 0.887. The number of amides is 1. The van der Waals surface area contributed by atoms with Gasteiger partial charge >= 0.3 is 0 Å². The Morgan fingerprint density at radius 3 is 2.72 bits per heavy atom. The molecule has 0 saturated heterocycles. The van der Waals surface area contributed by atoms with Crippen LogP contribution in [0, 0.1) is 6.92 Å². The molecule has 2 N–H and O–H groups in total. The fraction of sp³-hybridized carbons (Fsp3) is 0.214. The van der Waals surface area contributed by atoms with Crippen molar-refractivity contribution in [1.82, 2.24) is 5.32 Å². The third kappa shape index (κ3) is 2.78. The highest BCUT2D eigenvalue weighted by molar-refractivity contribution is 7.08. The fourth-order valence-corrected chi connectivity index (χ4v) is 2.60. The first-order valence-electron chi connectivity index (χ1n) is 5.79. The van der Waals surface area contributed by atoms with Crippen molar-refractivity contribution in [3.8, 4) is 0 Å². The topological polar surface area (TPSA) is 41.1 Å². The highest BCUT2D eigenvalue weighted by atomic mass is 32.1. The van der Waals surface area contributed by atoms with Crippen LogP contribution in [-0.2, 0) is 6.54 Å². The summed E-state index contributed by atoms with van der Waals surface area (Å²) in [6.45, 7) is 2.68. The van der Waals surface area contributed by atoms with Gasteiger partial charge in [-0.25, -0.2) is 0 Å². The number of nitrogens with one attached hydrogen (secondary N) is 2. The Labute approximate surface area is 111 Å². The number of carbonyl (C=O) groups excluding carboxylic acids is 1. The third-order valence-corrected chi connectivity index (χ3v) is 3.59. The molecule has 1 heterocycles. The summed E-state index contributed by atoms with van der Waals surface area (Å²) in [4.78, 5) is 12.1. The molecule has 3 nitrogen and oxygen atoms in total. The van der Waals surface area contributed by atoms with E-state index in [1.807, 2.05) is 49.0 Å². The first-order chi connectivity index (χ1) is 8.72. The second-order valence-electron chi connectivity index (χ2n) is 4.11. The molecule has 0 aliphatic rings. The lowest BCUT2D eigenvalue weighted by Crippen LogP contribution is -2.15. The molecule has 0 bridgehead atoms. The number of rotatable bonds is 4. The second-order valence-corrected chi connectivity index (χ2v) is 4.85. The number of benzene rings is 1. The predicted octanol–water partition coefficient (Wildman–Crippen LogP) is 3.03. The largest absolute Gasteiger partial charge is 0.322 e. The molecule has 2 aromatic rings. The molecule has 94 valence electrons. The molecule has 1 aromatic carbocycles. The minimum absolute atomic E-state index is 0.0442. The maximum absolute atomic E-state index is 12.1. The number of carbonyl (C=O) groups is 1. The zero-order chi connectivity index (χ0) is 13.0. The molecular formula is C14H16N2OS. The first-order valence-corrected chi connectivity index (χ1v) is 6.73. The van der Waals surface area contributed by atoms with Crippen LogP contribution in [0.4, 0.5) is 5.69 Å². The summed E-state index contributed by atoms with van der Waals surface area (Å²) < 4.78 is 0. The zero-order valence-corrected chi connectivity index (χ0v) is 11.3. The standard InChI is InChI=1S/C14H16N2OS/c1-10-8-18-9-12(10)14(17)16-13-6-4-3-5-11(13)7-15-2/h3-6,8-9,15H,7H2,1-2H3,(H,16,17). The minimum Gasteiger partial charge on any atom is -0.322 e. The summed E-state index contributed by atoms with van der Waals surface area (Å²) in [7, 11) is 1.89. The van der Waals surface area contributed by atoms with E-state index in [0.29, 0.717) is 0 Å². The minimum atomic E-state index is -0.0442. The summed E-state index contributed by atoms with van der Waals surface area (Å²) in [5.74, 6) is -0.0442. The SMILES string of the molecule is CNCc1ccccc1NC(=O)c1cscc1C. The third-order valence-electron chi connectivity index (χ3n) is 2.73. The van der Waals surface area contributed by atoms with E-state index in [4.69, 9.17) is 0 Å². The predicted molar refractivity (Wildman–Crippen MR) is 76.2 cm³/mol. The van der Waals surface area contributed by atoms with Crippen LogP contribution in [0.5, 0.6) is 0 Å². The Morgan fingerprint density at radius 1 is 1.28 bits per heavy atom. The monoisotopic (exact) mass is 260 g/mol. The summed E-state index contributed by atoms with van der Waals surface area (Å²) in [5, 5.41) is 9.92. The van der Waals surface area contributed by atoms with Crippen LogP contribution in [0.2, 0.25) is 0 Å². The number of aryl methyl sites for hydroxylation is 1. The molecule has 0 radical (unpaired) electrons. The average Bonchev–Trinajstić information content (AvgIpc) is 2.78. The molecular weight excluding hydrogens is 244 g/mol. The van der Waals surface area contributed by atoms with E-state index in [1.54, 1.807) is 11.3 Å². The van der Waals surface area contributed by atoms with E-state index < -0.39 is 0 Å². The van der Waals surface area contributed by atoms with Crippen molar-refractivity contribution in [1.29, 1.82) is 0 Å². The molecule has 1 amide bonds. The maximum Gasteiger partial charge on any atom is 0.256 e. The summed E-state index contributed by atoms with van der Waals surface area (Å²) in [5.41, 5.74) is 3.71. The Kier molecular flexibility index (Phi) is 4.12. The van der Waals surface area contributed by atoms with Crippen LogP contribution in [0.3, 0.4) is 0 Å². The van der Waals surface area contributed by atoms with Crippen LogP contribution in [-0.4, -0.2) is 13.0 Å². The van der Waals surface area contributed by atoms with Crippen LogP contribution in [0.1, 0.15) is 21.5 Å². The molecule has 0 saturated carbocycles. The van der Waals surface area contributed by atoms with Gasteiger partial charge in [0.15, 0.2) is 0 Å².